The zero-order valence-corrected chi connectivity index (χ0v) is 11.4. The van der Waals surface area contributed by atoms with E-state index in [4.69, 9.17) is 5.73 Å². The van der Waals surface area contributed by atoms with E-state index in [9.17, 15) is 0 Å². The number of aromatic nitrogens is 2. The second-order valence-corrected chi connectivity index (χ2v) is 6.05. The van der Waals surface area contributed by atoms with Crippen molar-refractivity contribution in [2.75, 3.05) is 11.1 Å². The minimum atomic E-state index is 0.506. The van der Waals surface area contributed by atoms with Gasteiger partial charge in [-0.2, -0.15) is 5.10 Å². The van der Waals surface area contributed by atoms with E-state index in [1.54, 1.807) is 0 Å². The molecule has 1 aromatic rings. The fraction of sp³-hybridized carbons (Fsp3) is 0.769. The summed E-state index contributed by atoms with van der Waals surface area (Å²) >= 11 is 0. The molecule has 1 aliphatic rings. The lowest BCUT2D eigenvalue weighted by Gasteiger charge is -2.35. The van der Waals surface area contributed by atoms with Crippen LogP contribution in [0.1, 0.15) is 45.2 Å². The second kappa shape index (κ2) is 4.24. The van der Waals surface area contributed by atoms with Gasteiger partial charge in [-0.15, -0.1) is 0 Å². The molecule has 0 aliphatic heterocycles. The van der Waals surface area contributed by atoms with Crippen LogP contribution in [0, 0.1) is 12.3 Å². The number of nitrogens with two attached hydrogens (primary N) is 1. The minimum Gasteiger partial charge on any atom is -0.394 e. The predicted octanol–water partition coefficient (Wildman–Crippen LogP) is 2.69. The maximum absolute atomic E-state index is 6.03. The second-order valence-electron chi connectivity index (χ2n) is 6.05. The predicted molar refractivity (Wildman–Crippen MR) is 72.0 cm³/mol. The first-order chi connectivity index (χ1) is 7.89. The summed E-state index contributed by atoms with van der Waals surface area (Å²) in [5, 5.41) is 7.89. The van der Waals surface area contributed by atoms with Gasteiger partial charge in [0.25, 0.3) is 0 Å². The molecule has 0 atom stereocenters. The van der Waals surface area contributed by atoms with Crippen molar-refractivity contribution in [3.8, 4) is 0 Å². The average Bonchev–Trinajstić information content (AvgIpc) is 2.48. The molecular formula is C13H24N4. The van der Waals surface area contributed by atoms with Gasteiger partial charge in [0.05, 0.1) is 11.4 Å². The first kappa shape index (κ1) is 12.3. The molecule has 0 spiro atoms. The molecule has 17 heavy (non-hydrogen) atoms. The van der Waals surface area contributed by atoms with Gasteiger partial charge in [-0.25, -0.2) is 0 Å². The Bertz CT molecular complexity index is 396. The smallest absolute Gasteiger partial charge is 0.147 e. The number of hydrogen-bond acceptors (Lipinski definition) is 3. The van der Waals surface area contributed by atoms with Gasteiger partial charge in [0.15, 0.2) is 0 Å². The normalized spacial score (nSPS) is 20.5. The highest BCUT2D eigenvalue weighted by molar-refractivity contribution is 5.64. The largest absolute Gasteiger partial charge is 0.394 e. The van der Waals surface area contributed by atoms with Crippen LogP contribution in [0.5, 0.6) is 0 Å². The highest BCUT2D eigenvalue weighted by Gasteiger charge is 2.27. The van der Waals surface area contributed by atoms with E-state index in [0.717, 1.165) is 17.2 Å². The molecule has 0 amide bonds. The van der Waals surface area contributed by atoms with Crippen molar-refractivity contribution in [3.05, 3.63) is 5.69 Å². The van der Waals surface area contributed by atoms with E-state index in [1.807, 2.05) is 18.7 Å². The molecule has 3 N–H and O–H groups in total. The molecule has 4 nitrogen and oxygen atoms in total. The number of nitrogens with one attached hydrogen (secondary N) is 1. The molecule has 1 saturated carbocycles. The Balaban J connectivity index is 2.03. The van der Waals surface area contributed by atoms with E-state index < -0.39 is 0 Å². The van der Waals surface area contributed by atoms with Crippen LogP contribution in [0.4, 0.5) is 11.5 Å². The monoisotopic (exact) mass is 236 g/mol. The van der Waals surface area contributed by atoms with Crippen molar-refractivity contribution in [1.29, 1.82) is 0 Å². The Morgan fingerprint density at radius 3 is 2.41 bits per heavy atom. The van der Waals surface area contributed by atoms with Gasteiger partial charge in [0.2, 0.25) is 0 Å². The van der Waals surface area contributed by atoms with Crippen molar-refractivity contribution in [2.45, 2.75) is 52.5 Å². The lowest BCUT2D eigenvalue weighted by molar-refractivity contribution is 0.232. The summed E-state index contributed by atoms with van der Waals surface area (Å²) in [5.74, 6) is 0.979. The quantitative estimate of drug-likeness (QED) is 0.830. The molecule has 0 saturated heterocycles. The van der Waals surface area contributed by atoms with E-state index in [0.29, 0.717) is 11.5 Å². The Hall–Kier alpha value is -1.19. The molecule has 0 radical (unpaired) electrons. The van der Waals surface area contributed by atoms with Gasteiger partial charge in [0, 0.05) is 13.1 Å². The van der Waals surface area contributed by atoms with Crippen LogP contribution in [0.3, 0.4) is 0 Å². The highest BCUT2D eigenvalue weighted by Crippen LogP contribution is 2.36. The molecule has 0 bridgehead atoms. The summed E-state index contributed by atoms with van der Waals surface area (Å²) in [4.78, 5) is 0. The van der Waals surface area contributed by atoms with Crippen molar-refractivity contribution >= 4 is 11.5 Å². The molecule has 4 heteroatoms. The third-order valence-electron chi connectivity index (χ3n) is 3.95. The molecule has 2 rings (SSSR count). The fourth-order valence-corrected chi connectivity index (χ4v) is 2.58. The standard InChI is InChI=1S/C13H24N4/c1-9-11(14)12(17(4)16-9)15-10-5-7-13(2,3)8-6-10/h10,15H,5-8,14H2,1-4H3. The summed E-state index contributed by atoms with van der Waals surface area (Å²) in [6.45, 7) is 6.65. The Labute approximate surface area is 104 Å². The van der Waals surface area contributed by atoms with Gasteiger partial charge in [-0.05, 0) is 38.0 Å². The maximum atomic E-state index is 6.03. The summed E-state index contributed by atoms with van der Waals surface area (Å²) in [7, 11) is 1.94. The van der Waals surface area contributed by atoms with Crippen molar-refractivity contribution in [2.24, 2.45) is 12.5 Å². The van der Waals surface area contributed by atoms with Crippen LogP contribution < -0.4 is 11.1 Å². The van der Waals surface area contributed by atoms with Crippen LogP contribution in [-0.2, 0) is 7.05 Å². The molecule has 1 aliphatic carbocycles. The third-order valence-corrected chi connectivity index (χ3v) is 3.95. The average molecular weight is 236 g/mol. The van der Waals surface area contributed by atoms with Crippen LogP contribution in [-0.4, -0.2) is 15.8 Å². The summed E-state index contributed by atoms with van der Waals surface area (Å²) in [6.07, 6.45) is 5.00. The number of nitrogen functional groups attached to an aromatic ring is 1. The first-order valence-electron chi connectivity index (χ1n) is 6.45. The molecule has 0 aromatic carbocycles. The zero-order chi connectivity index (χ0) is 12.6. The van der Waals surface area contributed by atoms with Crippen LogP contribution in [0.15, 0.2) is 0 Å². The van der Waals surface area contributed by atoms with Gasteiger partial charge < -0.3 is 11.1 Å². The minimum absolute atomic E-state index is 0.506. The number of nitrogens with zero attached hydrogens (tertiary/aromatic N) is 2. The summed E-state index contributed by atoms with van der Waals surface area (Å²) in [6, 6.07) is 0.542. The molecule has 0 unspecified atom stereocenters. The van der Waals surface area contributed by atoms with Gasteiger partial charge in [-0.1, -0.05) is 13.8 Å². The molecular weight excluding hydrogens is 212 g/mol. The van der Waals surface area contributed by atoms with Crippen molar-refractivity contribution < 1.29 is 0 Å². The van der Waals surface area contributed by atoms with Crippen LogP contribution >= 0.6 is 0 Å². The van der Waals surface area contributed by atoms with E-state index in [1.165, 1.54) is 25.7 Å². The maximum Gasteiger partial charge on any atom is 0.147 e. The molecule has 1 aromatic heterocycles. The Morgan fingerprint density at radius 2 is 1.94 bits per heavy atom. The Morgan fingerprint density at radius 1 is 1.35 bits per heavy atom. The van der Waals surface area contributed by atoms with E-state index in [2.05, 4.69) is 24.3 Å². The molecule has 1 heterocycles. The summed E-state index contributed by atoms with van der Waals surface area (Å²) < 4.78 is 1.85. The molecule has 96 valence electrons. The number of rotatable bonds is 2. The third kappa shape index (κ3) is 2.56. The van der Waals surface area contributed by atoms with E-state index in [-0.39, 0.29) is 0 Å². The highest BCUT2D eigenvalue weighted by atomic mass is 15.3. The van der Waals surface area contributed by atoms with Gasteiger partial charge >= 0.3 is 0 Å². The molecule has 1 fully saturated rings. The number of hydrogen-bond donors (Lipinski definition) is 2. The topological polar surface area (TPSA) is 55.9 Å². The summed E-state index contributed by atoms with van der Waals surface area (Å²) in [5.41, 5.74) is 8.23. The number of aryl methyl sites for hydroxylation is 2. The van der Waals surface area contributed by atoms with Crippen LogP contribution in [0.2, 0.25) is 0 Å². The van der Waals surface area contributed by atoms with Gasteiger partial charge in [0.1, 0.15) is 5.82 Å². The lowest BCUT2D eigenvalue weighted by atomic mass is 9.75. The van der Waals surface area contributed by atoms with Gasteiger partial charge in [-0.3, -0.25) is 4.68 Å². The van der Waals surface area contributed by atoms with Crippen molar-refractivity contribution in [1.82, 2.24) is 9.78 Å². The van der Waals surface area contributed by atoms with E-state index >= 15 is 0 Å². The fourth-order valence-electron chi connectivity index (χ4n) is 2.58. The first-order valence-corrected chi connectivity index (χ1v) is 6.45. The number of anilines is 2. The lowest BCUT2D eigenvalue weighted by Crippen LogP contribution is -2.30. The SMILES string of the molecule is Cc1nn(C)c(NC2CCC(C)(C)CC2)c1N. The Kier molecular flexibility index (Phi) is 3.06. The zero-order valence-electron chi connectivity index (χ0n) is 11.4. The van der Waals surface area contributed by atoms with Crippen LogP contribution in [0.25, 0.3) is 0 Å². The van der Waals surface area contributed by atoms with Crippen molar-refractivity contribution in [3.63, 3.8) is 0 Å².